The number of para-hydroxylation sites is 2. The van der Waals surface area contributed by atoms with Gasteiger partial charge in [0.15, 0.2) is 0 Å². The van der Waals surface area contributed by atoms with Crippen LogP contribution in [0, 0.1) is 5.92 Å². The van der Waals surface area contributed by atoms with Crippen LogP contribution < -0.4 is 9.47 Å². The molecule has 1 aromatic heterocycles. The van der Waals surface area contributed by atoms with Crippen molar-refractivity contribution in [1.82, 2.24) is 19.4 Å². The van der Waals surface area contributed by atoms with E-state index in [1.54, 1.807) is 0 Å². The molecule has 44 heavy (non-hydrogen) atoms. The van der Waals surface area contributed by atoms with E-state index < -0.39 is 0 Å². The third-order valence-corrected chi connectivity index (χ3v) is 9.52. The standard InChI is InChI=1S/C38H50N4O2/c1-4-13-32(14-5-1)20-27-41-28-21-33(22-29-41)15-11-26-42-35-18-10-19-36(43-30-12-25-40-23-8-3-9-24-40)38(35)39-37(42)31-44-34-16-6-2-7-17-34/h1-2,4-7,10,13-14,16-19,33H,3,8-9,11-12,15,20-31H2. The summed E-state index contributed by atoms with van der Waals surface area (Å²) in [7, 11) is 0. The molecule has 0 radical (unpaired) electrons. The largest absolute Gasteiger partial charge is 0.491 e. The molecule has 2 saturated heterocycles. The Hall–Kier alpha value is -3.35. The summed E-state index contributed by atoms with van der Waals surface area (Å²) in [6.45, 7) is 9.33. The van der Waals surface area contributed by atoms with E-state index in [0.29, 0.717) is 6.61 Å². The number of nitrogens with zero attached hydrogens (tertiary/aromatic N) is 4. The van der Waals surface area contributed by atoms with Gasteiger partial charge in [0, 0.05) is 19.6 Å². The third kappa shape index (κ3) is 8.64. The Morgan fingerprint density at radius 3 is 2.23 bits per heavy atom. The van der Waals surface area contributed by atoms with Crippen LogP contribution in [0.1, 0.15) is 62.8 Å². The zero-order valence-corrected chi connectivity index (χ0v) is 26.4. The molecule has 4 aromatic rings. The maximum atomic E-state index is 6.35. The first-order valence-electron chi connectivity index (χ1n) is 17.1. The lowest BCUT2D eigenvalue weighted by Crippen LogP contribution is -2.35. The summed E-state index contributed by atoms with van der Waals surface area (Å²) in [5.74, 6) is 3.55. The molecule has 2 aliphatic rings. The lowest BCUT2D eigenvalue weighted by Gasteiger charge is -2.32. The molecule has 0 aliphatic carbocycles. The van der Waals surface area contributed by atoms with Crippen molar-refractivity contribution in [2.24, 2.45) is 5.92 Å². The van der Waals surface area contributed by atoms with Crippen LogP contribution in [0.15, 0.2) is 78.9 Å². The van der Waals surface area contributed by atoms with Crippen LogP contribution in [0.4, 0.5) is 0 Å². The van der Waals surface area contributed by atoms with Crippen LogP contribution in [0.3, 0.4) is 0 Å². The molecule has 234 valence electrons. The number of fused-ring (bicyclic) bond motifs is 1. The van der Waals surface area contributed by atoms with Gasteiger partial charge >= 0.3 is 0 Å². The Bertz CT molecular complexity index is 1390. The molecular formula is C38H50N4O2. The van der Waals surface area contributed by atoms with Crippen molar-refractivity contribution in [2.75, 3.05) is 45.9 Å². The van der Waals surface area contributed by atoms with Gasteiger partial charge < -0.3 is 23.8 Å². The van der Waals surface area contributed by atoms with Gasteiger partial charge in [-0.25, -0.2) is 4.98 Å². The Labute approximate surface area is 264 Å². The second-order valence-corrected chi connectivity index (χ2v) is 12.7. The second kappa shape index (κ2) is 16.1. The average Bonchev–Trinajstić information content (AvgIpc) is 3.45. The molecule has 6 rings (SSSR count). The molecule has 6 nitrogen and oxygen atoms in total. The molecule has 0 atom stereocenters. The van der Waals surface area contributed by atoms with Gasteiger partial charge in [0.1, 0.15) is 29.4 Å². The van der Waals surface area contributed by atoms with Gasteiger partial charge in [-0.15, -0.1) is 0 Å². The summed E-state index contributed by atoms with van der Waals surface area (Å²) in [5.41, 5.74) is 3.56. The summed E-state index contributed by atoms with van der Waals surface area (Å²) in [6.07, 6.45) is 11.3. The van der Waals surface area contributed by atoms with Crippen molar-refractivity contribution in [3.63, 3.8) is 0 Å². The van der Waals surface area contributed by atoms with E-state index in [1.165, 1.54) is 76.8 Å². The second-order valence-electron chi connectivity index (χ2n) is 12.7. The van der Waals surface area contributed by atoms with Gasteiger partial charge in [0.25, 0.3) is 0 Å². The van der Waals surface area contributed by atoms with Gasteiger partial charge in [-0.3, -0.25) is 0 Å². The molecule has 0 bridgehead atoms. The minimum Gasteiger partial charge on any atom is -0.491 e. The number of aryl methyl sites for hydroxylation is 1. The highest BCUT2D eigenvalue weighted by Gasteiger charge is 2.20. The molecule has 0 unspecified atom stereocenters. The van der Waals surface area contributed by atoms with Gasteiger partial charge in [0.05, 0.1) is 12.1 Å². The summed E-state index contributed by atoms with van der Waals surface area (Å²) >= 11 is 0. The molecule has 3 aromatic carbocycles. The monoisotopic (exact) mass is 594 g/mol. The van der Waals surface area contributed by atoms with Crippen LogP contribution >= 0.6 is 0 Å². The summed E-state index contributed by atoms with van der Waals surface area (Å²) in [6, 6.07) is 27.4. The van der Waals surface area contributed by atoms with Crippen molar-refractivity contribution in [3.8, 4) is 11.5 Å². The Morgan fingerprint density at radius 1 is 0.682 bits per heavy atom. The van der Waals surface area contributed by atoms with Crippen molar-refractivity contribution >= 4 is 11.0 Å². The van der Waals surface area contributed by atoms with Crippen molar-refractivity contribution in [3.05, 3.63) is 90.3 Å². The maximum Gasteiger partial charge on any atom is 0.148 e. The summed E-state index contributed by atoms with van der Waals surface area (Å²) in [5, 5.41) is 0. The molecule has 6 heteroatoms. The van der Waals surface area contributed by atoms with E-state index in [2.05, 4.69) is 62.9 Å². The fourth-order valence-electron chi connectivity index (χ4n) is 6.93. The van der Waals surface area contributed by atoms with Crippen molar-refractivity contribution in [2.45, 2.75) is 70.9 Å². The van der Waals surface area contributed by atoms with Crippen molar-refractivity contribution < 1.29 is 9.47 Å². The molecule has 0 amide bonds. The molecule has 3 heterocycles. The highest BCUT2D eigenvalue weighted by molar-refractivity contribution is 5.82. The molecule has 0 N–H and O–H groups in total. The number of likely N-dealkylation sites (tertiary alicyclic amines) is 2. The number of piperidine rings is 2. The van der Waals surface area contributed by atoms with E-state index in [9.17, 15) is 0 Å². The minimum absolute atomic E-state index is 0.451. The van der Waals surface area contributed by atoms with Gasteiger partial charge in [0.2, 0.25) is 0 Å². The quantitative estimate of drug-likeness (QED) is 0.133. The van der Waals surface area contributed by atoms with Crippen LogP contribution in [-0.2, 0) is 19.6 Å². The van der Waals surface area contributed by atoms with E-state index in [1.807, 2.05) is 30.3 Å². The fourth-order valence-corrected chi connectivity index (χ4v) is 6.93. The highest BCUT2D eigenvalue weighted by atomic mass is 16.5. The number of ether oxygens (including phenoxy) is 2. The highest BCUT2D eigenvalue weighted by Crippen LogP contribution is 2.29. The number of benzene rings is 3. The lowest BCUT2D eigenvalue weighted by molar-refractivity contribution is 0.178. The zero-order chi connectivity index (χ0) is 29.8. The number of imidazole rings is 1. The molecule has 0 saturated carbocycles. The van der Waals surface area contributed by atoms with Crippen molar-refractivity contribution in [1.29, 1.82) is 0 Å². The van der Waals surface area contributed by atoms with E-state index in [-0.39, 0.29) is 0 Å². The van der Waals surface area contributed by atoms with Gasteiger partial charge in [-0.2, -0.15) is 0 Å². The normalized spacial score (nSPS) is 16.8. The first-order valence-corrected chi connectivity index (χ1v) is 17.1. The van der Waals surface area contributed by atoms with Crippen LogP contribution in [0.25, 0.3) is 11.0 Å². The average molecular weight is 595 g/mol. The topological polar surface area (TPSA) is 42.8 Å². The fraction of sp³-hybridized carbons (Fsp3) is 0.500. The first-order chi connectivity index (χ1) is 21.8. The van der Waals surface area contributed by atoms with Crippen LogP contribution in [-0.4, -0.2) is 65.2 Å². The predicted molar refractivity (Wildman–Crippen MR) is 179 cm³/mol. The van der Waals surface area contributed by atoms with Gasteiger partial charge in [-0.1, -0.05) is 61.0 Å². The molecule has 0 spiro atoms. The Balaban J connectivity index is 1.05. The number of hydrogen-bond donors (Lipinski definition) is 0. The lowest BCUT2D eigenvalue weighted by atomic mass is 9.92. The number of rotatable bonds is 15. The van der Waals surface area contributed by atoms with Gasteiger partial charge in [-0.05, 0) is 113 Å². The Morgan fingerprint density at radius 2 is 1.43 bits per heavy atom. The molecule has 2 fully saturated rings. The van der Waals surface area contributed by atoms with E-state index in [4.69, 9.17) is 14.5 Å². The summed E-state index contributed by atoms with van der Waals surface area (Å²) in [4.78, 5) is 10.3. The first kappa shape index (κ1) is 30.7. The number of aromatic nitrogens is 2. The zero-order valence-electron chi connectivity index (χ0n) is 26.4. The Kier molecular flexibility index (Phi) is 11.2. The smallest absolute Gasteiger partial charge is 0.148 e. The van der Waals surface area contributed by atoms with Crippen LogP contribution in [0.2, 0.25) is 0 Å². The molecular weight excluding hydrogens is 544 g/mol. The number of hydrogen-bond acceptors (Lipinski definition) is 5. The van der Waals surface area contributed by atoms with E-state index >= 15 is 0 Å². The van der Waals surface area contributed by atoms with E-state index in [0.717, 1.165) is 73.2 Å². The predicted octanol–water partition coefficient (Wildman–Crippen LogP) is 7.61. The minimum atomic E-state index is 0.451. The SMILES string of the molecule is c1ccc(CCN2CCC(CCCn3c(COc4ccccc4)nc4c(OCCCN5CCCCC5)cccc43)CC2)cc1. The van der Waals surface area contributed by atoms with Crippen LogP contribution in [0.5, 0.6) is 11.5 Å². The maximum absolute atomic E-state index is 6.35. The third-order valence-electron chi connectivity index (χ3n) is 9.52. The molecule has 2 aliphatic heterocycles. The summed E-state index contributed by atoms with van der Waals surface area (Å²) < 4.78 is 14.9.